The number of nitrogens with two attached hydrogens (primary N) is 1. The van der Waals surface area contributed by atoms with E-state index in [4.69, 9.17) is 19.9 Å². The highest BCUT2D eigenvalue weighted by Crippen LogP contribution is 2.30. The number of benzene rings is 1. The Hall–Kier alpha value is -2.95. The molecule has 0 saturated heterocycles. The molecule has 6 atom stereocenters. The molecule has 0 radical (unpaired) electrons. The van der Waals surface area contributed by atoms with Gasteiger partial charge in [0.05, 0.1) is 24.0 Å². The van der Waals surface area contributed by atoms with Crippen molar-refractivity contribution in [3.05, 3.63) is 46.8 Å². The summed E-state index contributed by atoms with van der Waals surface area (Å²) in [6.07, 6.45) is 1.42. The number of carbonyl (C=O) groups excluding carboxylic acids is 2. The lowest BCUT2D eigenvalue weighted by atomic mass is 9.88. The molecule has 0 aliphatic carbocycles. The number of hydrogen-bond acceptors (Lipinski definition) is 7. The quantitative estimate of drug-likeness (QED) is 0.424. The SMILES string of the molecule is CO[C@H]1C[C@H](C)Cc2cc(O)c(F)c(c2)NC(=O)/C(C)=C/CC[C@H](OC)[C@@H](OC(N)=O)/C(C)=C/[C@H](C)[C@H]1O. The van der Waals surface area contributed by atoms with E-state index in [-0.39, 0.29) is 17.5 Å². The highest BCUT2D eigenvalue weighted by atomic mass is 19.1. The summed E-state index contributed by atoms with van der Waals surface area (Å²) in [6.45, 7) is 7.17. The Labute approximate surface area is 223 Å². The van der Waals surface area contributed by atoms with Crippen molar-refractivity contribution < 1.29 is 38.4 Å². The smallest absolute Gasteiger partial charge is 0.405 e. The molecule has 0 unspecified atom stereocenters. The van der Waals surface area contributed by atoms with Gasteiger partial charge in [-0.15, -0.1) is 0 Å². The minimum absolute atomic E-state index is 0.0205. The lowest BCUT2D eigenvalue weighted by Gasteiger charge is -2.30. The summed E-state index contributed by atoms with van der Waals surface area (Å²) in [6, 6.07) is 2.84. The summed E-state index contributed by atoms with van der Waals surface area (Å²) in [5.74, 6) is -2.37. The number of methoxy groups -OCH3 is 2. The molecular formula is C28H41FN2O7. The van der Waals surface area contributed by atoms with Crippen molar-refractivity contribution in [2.75, 3.05) is 19.5 Å². The number of aliphatic hydroxyl groups is 1. The Morgan fingerprint density at radius 1 is 1.16 bits per heavy atom. The van der Waals surface area contributed by atoms with Crippen LogP contribution in [0.25, 0.3) is 0 Å². The molecule has 212 valence electrons. The maximum Gasteiger partial charge on any atom is 0.405 e. The van der Waals surface area contributed by atoms with Gasteiger partial charge in [-0.05, 0) is 68.7 Å². The zero-order valence-corrected chi connectivity index (χ0v) is 23.0. The van der Waals surface area contributed by atoms with Crippen LogP contribution in [0.15, 0.2) is 35.4 Å². The lowest BCUT2D eigenvalue weighted by Crippen LogP contribution is -2.37. The van der Waals surface area contributed by atoms with Crippen LogP contribution in [-0.4, -0.2) is 60.8 Å². The van der Waals surface area contributed by atoms with E-state index in [1.807, 2.05) is 19.9 Å². The predicted octanol–water partition coefficient (Wildman–Crippen LogP) is 4.22. The van der Waals surface area contributed by atoms with Crippen molar-refractivity contribution >= 4 is 17.7 Å². The van der Waals surface area contributed by atoms with Crippen LogP contribution < -0.4 is 11.1 Å². The second-order valence-corrected chi connectivity index (χ2v) is 10.1. The molecule has 1 aliphatic rings. The molecule has 2 bridgehead atoms. The van der Waals surface area contributed by atoms with E-state index in [9.17, 15) is 24.2 Å². The van der Waals surface area contributed by atoms with Crippen molar-refractivity contribution in [1.82, 2.24) is 0 Å². The molecule has 1 aromatic rings. The van der Waals surface area contributed by atoms with E-state index in [0.29, 0.717) is 42.4 Å². The van der Waals surface area contributed by atoms with Crippen molar-refractivity contribution in [2.45, 2.75) is 77.8 Å². The van der Waals surface area contributed by atoms with Gasteiger partial charge in [-0.1, -0.05) is 26.0 Å². The molecule has 0 aromatic heterocycles. The van der Waals surface area contributed by atoms with Gasteiger partial charge < -0.3 is 35.5 Å². The van der Waals surface area contributed by atoms with E-state index in [1.165, 1.54) is 26.4 Å². The second-order valence-electron chi connectivity index (χ2n) is 10.1. The van der Waals surface area contributed by atoms with Crippen LogP contribution in [0.5, 0.6) is 5.75 Å². The van der Waals surface area contributed by atoms with Crippen molar-refractivity contribution in [3.8, 4) is 5.75 Å². The van der Waals surface area contributed by atoms with Crippen molar-refractivity contribution in [2.24, 2.45) is 17.6 Å². The van der Waals surface area contributed by atoms with Gasteiger partial charge >= 0.3 is 6.09 Å². The maximum absolute atomic E-state index is 14.6. The van der Waals surface area contributed by atoms with Gasteiger partial charge in [0, 0.05) is 25.7 Å². The van der Waals surface area contributed by atoms with Gasteiger partial charge in [0.1, 0.15) is 0 Å². The third-order valence-corrected chi connectivity index (χ3v) is 6.92. The first kappa shape index (κ1) is 31.3. The molecule has 0 spiro atoms. The van der Waals surface area contributed by atoms with Crippen LogP contribution in [-0.2, 0) is 25.4 Å². The summed E-state index contributed by atoms with van der Waals surface area (Å²) in [5, 5.41) is 23.8. The minimum Gasteiger partial charge on any atom is -0.505 e. The summed E-state index contributed by atoms with van der Waals surface area (Å²) in [5.41, 5.74) is 6.84. The number of primary amides is 1. The van der Waals surface area contributed by atoms with Gasteiger partial charge in [0.15, 0.2) is 17.7 Å². The van der Waals surface area contributed by atoms with Gasteiger partial charge in [-0.3, -0.25) is 4.79 Å². The minimum atomic E-state index is -0.960. The third kappa shape index (κ3) is 8.54. The predicted molar refractivity (Wildman–Crippen MR) is 142 cm³/mol. The zero-order valence-electron chi connectivity index (χ0n) is 23.0. The lowest BCUT2D eigenvalue weighted by molar-refractivity contribution is -0.112. The number of nitrogens with one attached hydrogen (secondary N) is 1. The van der Waals surface area contributed by atoms with Crippen LogP contribution in [0.1, 0.15) is 52.5 Å². The summed E-state index contributed by atoms with van der Waals surface area (Å²) in [4.78, 5) is 24.4. The number of aromatic hydroxyl groups is 1. The average molecular weight is 537 g/mol. The number of rotatable bonds is 3. The summed E-state index contributed by atoms with van der Waals surface area (Å²) in [7, 11) is 3.00. The molecule has 9 nitrogen and oxygen atoms in total. The number of aliphatic hydroxyl groups excluding tert-OH is 1. The summed E-state index contributed by atoms with van der Waals surface area (Å²) >= 11 is 0. The molecular weight excluding hydrogens is 495 g/mol. The Morgan fingerprint density at radius 3 is 2.42 bits per heavy atom. The first-order valence-electron chi connectivity index (χ1n) is 12.7. The molecule has 0 saturated carbocycles. The standard InChI is InChI=1S/C28H41FN2O7/c1-15-10-19-13-20(24(29)21(32)14-19)31-27(34)16(2)8-7-9-22(36-5)26(38-28(30)35)18(4)12-17(3)25(33)23(11-15)37-6/h8,12-15,17,22-23,25-26,32-33H,7,9-11H2,1-6H3,(H2,30,35)(H,31,34)/b16-8+,18-12+/t15-,17+,22+,23+,25-,26+/m1/s1. The third-order valence-electron chi connectivity index (χ3n) is 6.92. The van der Waals surface area contributed by atoms with Gasteiger partial charge in [0.25, 0.3) is 5.91 Å². The average Bonchev–Trinajstić information content (AvgIpc) is 2.85. The molecule has 0 fully saturated rings. The van der Waals surface area contributed by atoms with Crippen molar-refractivity contribution in [3.63, 3.8) is 0 Å². The monoisotopic (exact) mass is 536 g/mol. The maximum atomic E-state index is 14.6. The van der Waals surface area contributed by atoms with E-state index < -0.39 is 48.0 Å². The van der Waals surface area contributed by atoms with Crippen LogP contribution >= 0.6 is 0 Å². The number of anilines is 1. The number of halogens is 1. The Bertz CT molecular complexity index is 1040. The Balaban J connectivity index is 2.51. The van der Waals surface area contributed by atoms with E-state index >= 15 is 0 Å². The van der Waals surface area contributed by atoms with Gasteiger partial charge in [-0.25, -0.2) is 9.18 Å². The zero-order chi connectivity index (χ0) is 28.6. The first-order valence-corrected chi connectivity index (χ1v) is 12.7. The number of ether oxygens (including phenoxy) is 3. The van der Waals surface area contributed by atoms with Crippen molar-refractivity contribution in [1.29, 1.82) is 0 Å². The normalized spacial score (nSPS) is 30.9. The number of carbonyl (C=O) groups is 2. The largest absolute Gasteiger partial charge is 0.505 e. The number of amides is 2. The van der Waals surface area contributed by atoms with E-state index in [1.54, 1.807) is 19.9 Å². The topological polar surface area (TPSA) is 140 Å². The van der Waals surface area contributed by atoms with Gasteiger partial charge in [0.2, 0.25) is 0 Å². The molecule has 2 rings (SSSR count). The van der Waals surface area contributed by atoms with Crippen LogP contribution in [0.4, 0.5) is 14.9 Å². The summed E-state index contributed by atoms with van der Waals surface area (Å²) < 4.78 is 31.2. The molecule has 1 heterocycles. The van der Waals surface area contributed by atoms with E-state index in [2.05, 4.69) is 5.32 Å². The van der Waals surface area contributed by atoms with E-state index in [0.717, 1.165) is 0 Å². The van der Waals surface area contributed by atoms with Crippen LogP contribution in [0, 0.1) is 17.7 Å². The number of phenolic OH excluding ortho intramolecular Hbond substituents is 1. The fourth-order valence-electron chi connectivity index (χ4n) is 4.84. The number of phenols is 1. The molecule has 38 heavy (non-hydrogen) atoms. The first-order chi connectivity index (χ1) is 17.9. The van der Waals surface area contributed by atoms with Gasteiger partial charge in [-0.2, -0.15) is 0 Å². The number of allylic oxidation sites excluding steroid dienone is 1. The second kappa shape index (κ2) is 14.3. The molecule has 1 aliphatic heterocycles. The highest BCUT2D eigenvalue weighted by molar-refractivity contribution is 6.03. The molecule has 2 amide bonds. The fraction of sp³-hybridized carbons (Fsp3) is 0.571. The molecule has 10 heteroatoms. The fourth-order valence-corrected chi connectivity index (χ4v) is 4.84. The van der Waals surface area contributed by atoms with Crippen LogP contribution in [0.3, 0.4) is 0 Å². The Morgan fingerprint density at radius 2 is 1.82 bits per heavy atom. The highest BCUT2D eigenvalue weighted by Gasteiger charge is 2.30. The number of fused-ring (bicyclic) bond motifs is 2. The Kier molecular flexibility index (Phi) is 11.7. The molecule has 1 aromatic carbocycles. The molecule has 5 N–H and O–H groups in total. The number of hydrogen-bond donors (Lipinski definition) is 4. The van der Waals surface area contributed by atoms with Crippen LogP contribution in [0.2, 0.25) is 0 Å².